The van der Waals surface area contributed by atoms with Crippen molar-refractivity contribution in [3.05, 3.63) is 233 Å². The average Bonchev–Trinajstić information content (AvgIpc) is 3.67. The standard InChI is InChI=1S/C55H43NO/c1-53(2)42-24-11-8-21-38(42)41-34-33-37(35-47(41)53)56(49-30-18-32-51-52(49)54(3,4)46-28-15-17-31-50(46)57-51)48-29-16-14-27-45(48)55(36-19-6-5-7-20-36)43-25-12-9-22-39(43)40-23-10-13-26-44(40)55/h5-35H,1-4H3. The Kier molecular flexibility index (Phi) is 7.20. The van der Waals surface area contributed by atoms with Crippen LogP contribution in [0.4, 0.5) is 17.1 Å². The molecule has 0 N–H and O–H groups in total. The summed E-state index contributed by atoms with van der Waals surface area (Å²) in [5, 5.41) is 0. The predicted octanol–water partition coefficient (Wildman–Crippen LogP) is 14.3. The summed E-state index contributed by atoms with van der Waals surface area (Å²) in [6, 6.07) is 69.5. The molecule has 0 fully saturated rings. The minimum atomic E-state index is -0.594. The maximum Gasteiger partial charge on any atom is 0.133 e. The van der Waals surface area contributed by atoms with Gasteiger partial charge in [-0.25, -0.2) is 0 Å². The van der Waals surface area contributed by atoms with Crippen molar-refractivity contribution >= 4 is 17.1 Å². The van der Waals surface area contributed by atoms with Gasteiger partial charge in [-0.3, -0.25) is 0 Å². The SMILES string of the molecule is CC1(C)c2ccccc2-c2ccc(N(c3ccccc3C3(c4ccccc4)c4ccccc4-c4ccccc43)c3cccc4c3C(C)(C)c3ccccc3O4)cc21. The Labute approximate surface area is 335 Å². The largest absolute Gasteiger partial charge is 0.457 e. The quantitative estimate of drug-likeness (QED) is 0.175. The lowest BCUT2D eigenvalue weighted by Crippen LogP contribution is -2.32. The number of ether oxygens (including phenoxy) is 1. The van der Waals surface area contributed by atoms with Crippen LogP contribution in [0.15, 0.2) is 188 Å². The maximum absolute atomic E-state index is 6.81. The van der Waals surface area contributed by atoms with Crippen LogP contribution < -0.4 is 9.64 Å². The van der Waals surface area contributed by atoms with E-state index < -0.39 is 5.41 Å². The van der Waals surface area contributed by atoms with Gasteiger partial charge in [-0.1, -0.05) is 179 Å². The molecule has 0 saturated heterocycles. The predicted molar refractivity (Wildman–Crippen MR) is 235 cm³/mol. The summed E-state index contributed by atoms with van der Waals surface area (Å²) >= 11 is 0. The number of anilines is 3. The molecule has 8 aromatic carbocycles. The van der Waals surface area contributed by atoms with Gasteiger partial charge in [0.05, 0.1) is 16.8 Å². The van der Waals surface area contributed by atoms with Gasteiger partial charge >= 0.3 is 0 Å². The Morgan fingerprint density at radius 1 is 0.368 bits per heavy atom. The number of rotatable bonds is 5. The Hall–Kier alpha value is -6.64. The number of nitrogens with zero attached hydrogens (tertiary/aromatic N) is 1. The zero-order valence-corrected chi connectivity index (χ0v) is 32.8. The second-order valence-electron chi connectivity index (χ2n) is 16.8. The first kappa shape index (κ1) is 33.7. The van der Waals surface area contributed by atoms with Gasteiger partial charge in [-0.2, -0.15) is 0 Å². The Morgan fingerprint density at radius 2 is 0.877 bits per heavy atom. The van der Waals surface area contributed by atoms with Crippen molar-refractivity contribution in [2.24, 2.45) is 0 Å². The van der Waals surface area contributed by atoms with Crippen LogP contribution in [0, 0.1) is 0 Å². The Balaban J connectivity index is 1.25. The zero-order chi connectivity index (χ0) is 38.5. The van der Waals surface area contributed by atoms with E-state index in [1.54, 1.807) is 0 Å². The molecule has 0 bridgehead atoms. The number of fused-ring (bicyclic) bond motifs is 8. The van der Waals surface area contributed by atoms with Crippen LogP contribution in [-0.4, -0.2) is 0 Å². The first-order valence-corrected chi connectivity index (χ1v) is 20.1. The molecule has 0 amide bonds. The first-order valence-electron chi connectivity index (χ1n) is 20.1. The van der Waals surface area contributed by atoms with Crippen molar-refractivity contribution in [2.75, 3.05) is 4.90 Å². The summed E-state index contributed by atoms with van der Waals surface area (Å²) < 4.78 is 6.81. The van der Waals surface area contributed by atoms with Crippen LogP contribution in [0.25, 0.3) is 22.3 Å². The second-order valence-corrected chi connectivity index (χ2v) is 16.8. The number of para-hydroxylation sites is 2. The smallest absolute Gasteiger partial charge is 0.133 e. The molecule has 2 nitrogen and oxygen atoms in total. The van der Waals surface area contributed by atoms with Gasteiger partial charge in [0.1, 0.15) is 11.5 Å². The Morgan fingerprint density at radius 3 is 1.58 bits per heavy atom. The van der Waals surface area contributed by atoms with E-state index in [0.717, 1.165) is 28.6 Å². The van der Waals surface area contributed by atoms with Gasteiger partial charge < -0.3 is 9.64 Å². The topological polar surface area (TPSA) is 12.5 Å². The molecule has 0 spiro atoms. The first-order chi connectivity index (χ1) is 27.8. The normalized spacial score (nSPS) is 15.6. The number of hydrogen-bond acceptors (Lipinski definition) is 2. The highest BCUT2D eigenvalue weighted by Crippen LogP contribution is 2.61. The lowest BCUT2D eigenvalue weighted by Gasteiger charge is -2.41. The van der Waals surface area contributed by atoms with E-state index in [9.17, 15) is 0 Å². The molecule has 0 saturated carbocycles. The molecule has 2 heteroatoms. The lowest BCUT2D eigenvalue weighted by atomic mass is 9.67. The van der Waals surface area contributed by atoms with Crippen LogP contribution in [0.1, 0.15) is 72.2 Å². The third-order valence-electron chi connectivity index (χ3n) is 13.2. The Bertz CT molecular complexity index is 2850. The lowest BCUT2D eigenvalue weighted by molar-refractivity contribution is 0.418. The molecule has 1 heterocycles. The van der Waals surface area contributed by atoms with Gasteiger partial charge in [-0.15, -0.1) is 0 Å². The molecule has 274 valence electrons. The van der Waals surface area contributed by atoms with Gasteiger partial charge in [0.2, 0.25) is 0 Å². The molecule has 3 aliphatic rings. The highest BCUT2D eigenvalue weighted by Gasteiger charge is 2.48. The summed E-state index contributed by atoms with van der Waals surface area (Å²) in [6.07, 6.45) is 0. The van der Waals surface area contributed by atoms with Crippen LogP contribution in [0.3, 0.4) is 0 Å². The van der Waals surface area contributed by atoms with Crippen molar-refractivity contribution in [3.63, 3.8) is 0 Å². The van der Waals surface area contributed by atoms with Crippen LogP contribution in [0.2, 0.25) is 0 Å². The van der Waals surface area contributed by atoms with E-state index in [-0.39, 0.29) is 10.8 Å². The molecule has 2 aliphatic carbocycles. The summed E-state index contributed by atoms with van der Waals surface area (Å²) in [7, 11) is 0. The van der Waals surface area contributed by atoms with Crippen molar-refractivity contribution in [2.45, 2.75) is 43.9 Å². The third kappa shape index (κ3) is 4.59. The van der Waals surface area contributed by atoms with E-state index in [0.29, 0.717) is 0 Å². The molecule has 1 aliphatic heterocycles. The highest BCUT2D eigenvalue weighted by molar-refractivity contribution is 5.92. The van der Waals surface area contributed by atoms with Gasteiger partial charge in [0.25, 0.3) is 0 Å². The molecule has 0 aromatic heterocycles. The zero-order valence-electron chi connectivity index (χ0n) is 32.8. The number of hydrogen-bond donors (Lipinski definition) is 0. The van der Waals surface area contributed by atoms with Crippen molar-refractivity contribution < 1.29 is 4.74 Å². The molecule has 57 heavy (non-hydrogen) atoms. The second kappa shape index (κ2) is 12.2. The van der Waals surface area contributed by atoms with Gasteiger partial charge in [0.15, 0.2) is 0 Å². The van der Waals surface area contributed by atoms with Crippen LogP contribution in [-0.2, 0) is 16.2 Å². The fraction of sp³-hybridized carbons (Fsp3) is 0.127. The van der Waals surface area contributed by atoms with E-state index >= 15 is 0 Å². The van der Waals surface area contributed by atoms with E-state index in [1.165, 1.54) is 66.8 Å². The molecule has 11 rings (SSSR count). The molecule has 0 atom stereocenters. The number of benzene rings is 8. The van der Waals surface area contributed by atoms with Crippen molar-refractivity contribution in [3.8, 4) is 33.8 Å². The average molecular weight is 734 g/mol. The molecule has 0 unspecified atom stereocenters. The summed E-state index contributed by atoms with van der Waals surface area (Å²) in [4.78, 5) is 2.54. The molecular weight excluding hydrogens is 691 g/mol. The van der Waals surface area contributed by atoms with E-state index in [4.69, 9.17) is 4.74 Å². The minimum Gasteiger partial charge on any atom is -0.457 e. The van der Waals surface area contributed by atoms with Crippen LogP contribution >= 0.6 is 0 Å². The monoisotopic (exact) mass is 733 g/mol. The summed E-state index contributed by atoms with van der Waals surface area (Å²) in [5.41, 5.74) is 17.5. The summed E-state index contributed by atoms with van der Waals surface area (Å²) in [6.45, 7) is 9.43. The van der Waals surface area contributed by atoms with Crippen LogP contribution in [0.5, 0.6) is 11.5 Å². The fourth-order valence-corrected chi connectivity index (χ4v) is 10.6. The van der Waals surface area contributed by atoms with Crippen molar-refractivity contribution in [1.82, 2.24) is 0 Å². The highest BCUT2D eigenvalue weighted by atomic mass is 16.5. The molecular formula is C55H43NO. The minimum absolute atomic E-state index is 0.168. The maximum atomic E-state index is 6.81. The van der Waals surface area contributed by atoms with E-state index in [2.05, 4.69) is 221 Å². The fourth-order valence-electron chi connectivity index (χ4n) is 10.6. The summed E-state index contributed by atoms with van der Waals surface area (Å²) in [5.74, 6) is 1.81. The molecule has 0 radical (unpaired) electrons. The molecule has 8 aromatic rings. The van der Waals surface area contributed by atoms with E-state index in [1.807, 2.05) is 0 Å². The van der Waals surface area contributed by atoms with Gasteiger partial charge in [-0.05, 0) is 92.0 Å². The van der Waals surface area contributed by atoms with Gasteiger partial charge in [0, 0.05) is 27.6 Å². The third-order valence-corrected chi connectivity index (χ3v) is 13.2. The van der Waals surface area contributed by atoms with Crippen molar-refractivity contribution in [1.29, 1.82) is 0 Å².